The summed E-state index contributed by atoms with van der Waals surface area (Å²) in [7, 11) is 7.61. The molecule has 0 saturated heterocycles. The van der Waals surface area contributed by atoms with Gasteiger partial charge in [0.2, 0.25) is 0 Å². The van der Waals surface area contributed by atoms with Gasteiger partial charge in [0.05, 0.1) is 26.9 Å². The summed E-state index contributed by atoms with van der Waals surface area (Å²) in [6.45, 7) is 1.70. The van der Waals surface area contributed by atoms with Crippen LogP contribution in [0.5, 0.6) is 11.5 Å². The fourth-order valence-corrected chi connectivity index (χ4v) is 4.73. The highest BCUT2D eigenvalue weighted by atomic mass is 16.5. The Hall–Kier alpha value is -2.82. The van der Waals surface area contributed by atoms with E-state index in [0.717, 1.165) is 42.0 Å². The molecule has 174 valence electrons. The molecule has 4 heteroatoms. The summed E-state index contributed by atoms with van der Waals surface area (Å²) < 4.78 is 17.4. The van der Waals surface area contributed by atoms with Crippen LogP contribution in [-0.2, 0) is 17.8 Å². The fraction of sp³-hybridized carbons (Fsp3) is 0.379. The van der Waals surface area contributed by atoms with Gasteiger partial charge in [-0.05, 0) is 85.8 Å². The lowest BCUT2D eigenvalue weighted by atomic mass is 9.79. The summed E-state index contributed by atoms with van der Waals surface area (Å²) in [6.07, 6.45) is 3.65. The van der Waals surface area contributed by atoms with Crippen LogP contribution in [0.15, 0.2) is 66.7 Å². The normalized spacial score (nSPS) is 17.6. The van der Waals surface area contributed by atoms with Crippen LogP contribution in [0.3, 0.4) is 0 Å². The van der Waals surface area contributed by atoms with Crippen LogP contribution < -0.4 is 9.47 Å². The first-order valence-corrected chi connectivity index (χ1v) is 11.7. The van der Waals surface area contributed by atoms with Crippen LogP contribution in [0.25, 0.3) is 11.1 Å². The third-order valence-corrected chi connectivity index (χ3v) is 6.62. The fourth-order valence-electron chi connectivity index (χ4n) is 4.73. The molecule has 0 saturated carbocycles. The zero-order valence-corrected chi connectivity index (χ0v) is 20.2. The number of rotatable bonds is 9. The predicted molar refractivity (Wildman–Crippen MR) is 134 cm³/mol. The molecular weight excluding hydrogens is 410 g/mol. The van der Waals surface area contributed by atoms with Gasteiger partial charge in [0, 0.05) is 0 Å². The van der Waals surface area contributed by atoms with Crippen LogP contribution >= 0.6 is 0 Å². The molecule has 4 rings (SSSR count). The number of methoxy groups -OCH3 is 2. The average molecular weight is 446 g/mol. The molecule has 0 aromatic heterocycles. The topological polar surface area (TPSA) is 30.9 Å². The minimum Gasteiger partial charge on any atom is -0.493 e. The van der Waals surface area contributed by atoms with Crippen molar-refractivity contribution < 1.29 is 14.2 Å². The van der Waals surface area contributed by atoms with E-state index < -0.39 is 0 Å². The number of aryl methyl sites for hydroxylation is 1. The van der Waals surface area contributed by atoms with E-state index in [1.807, 2.05) is 12.1 Å². The molecule has 1 aliphatic carbocycles. The maximum atomic E-state index is 6.60. The molecule has 2 unspecified atom stereocenters. The number of fused-ring (bicyclic) bond motifs is 1. The van der Waals surface area contributed by atoms with Gasteiger partial charge in [-0.25, -0.2) is 0 Å². The van der Waals surface area contributed by atoms with Crippen LogP contribution in [0.2, 0.25) is 0 Å². The molecule has 3 aromatic carbocycles. The second kappa shape index (κ2) is 10.9. The van der Waals surface area contributed by atoms with E-state index in [4.69, 9.17) is 14.2 Å². The Bertz CT molecular complexity index is 1040. The third-order valence-electron chi connectivity index (χ3n) is 6.62. The molecule has 2 atom stereocenters. The lowest BCUT2D eigenvalue weighted by molar-refractivity contribution is -0.0135. The smallest absolute Gasteiger partial charge is 0.161 e. The van der Waals surface area contributed by atoms with Crippen LogP contribution in [-0.4, -0.2) is 39.8 Å². The van der Waals surface area contributed by atoms with E-state index in [9.17, 15) is 0 Å². The first-order valence-electron chi connectivity index (χ1n) is 11.7. The lowest BCUT2D eigenvalue weighted by Gasteiger charge is -2.34. The summed E-state index contributed by atoms with van der Waals surface area (Å²) in [5.41, 5.74) is 6.24. The molecule has 0 heterocycles. The van der Waals surface area contributed by atoms with Crippen molar-refractivity contribution in [3.8, 4) is 22.6 Å². The van der Waals surface area contributed by atoms with Crippen molar-refractivity contribution in [3.05, 3.63) is 83.4 Å². The Kier molecular flexibility index (Phi) is 7.69. The quantitative estimate of drug-likeness (QED) is 0.396. The SMILES string of the molecule is COc1ccc(-c2ccc(COC3c4ccccc4CCC3CCN(C)C)cc2)cc1OC. The first kappa shape index (κ1) is 23.3. The number of hydrogen-bond donors (Lipinski definition) is 0. The molecule has 0 fully saturated rings. The van der Waals surface area contributed by atoms with Crippen molar-refractivity contribution >= 4 is 0 Å². The van der Waals surface area contributed by atoms with E-state index in [2.05, 4.69) is 73.6 Å². The third kappa shape index (κ3) is 5.58. The maximum absolute atomic E-state index is 6.60. The average Bonchev–Trinajstić information content (AvgIpc) is 2.86. The van der Waals surface area contributed by atoms with E-state index in [1.54, 1.807) is 14.2 Å². The van der Waals surface area contributed by atoms with Gasteiger partial charge in [-0.3, -0.25) is 0 Å². The first-order chi connectivity index (χ1) is 16.1. The van der Waals surface area contributed by atoms with Crippen LogP contribution in [0.1, 0.15) is 35.6 Å². The summed E-state index contributed by atoms with van der Waals surface area (Å²) in [6, 6.07) is 23.4. The van der Waals surface area contributed by atoms with Gasteiger partial charge in [-0.15, -0.1) is 0 Å². The number of hydrogen-bond acceptors (Lipinski definition) is 4. The molecule has 33 heavy (non-hydrogen) atoms. The monoisotopic (exact) mass is 445 g/mol. The van der Waals surface area contributed by atoms with Crippen molar-refractivity contribution in [1.29, 1.82) is 0 Å². The molecule has 3 aromatic rings. The van der Waals surface area contributed by atoms with Gasteiger partial charge in [-0.2, -0.15) is 0 Å². The van der Waals surface area contributed by atoms with Gasteiger partial charge in [-0.1, -0.05) is 54.6 Å². The van der Waals surface area contributed by atoms with Crippen LogP contribution in [0, 0.1) is 5.92 Å². The Labute approximate surface area is 198 Å². The van der Waals surface area contributed by atoms with Gasteiger partial charge < -0.3 is 19.1 Å². The van der Waals surface area contributed by atoms with E-state index >= 15 is 0 Å². The second-order valence-electron chi connectivity index (χ2n) is 9.09. The number of benzene rings is 3. The summed E-state index contributed by atoms with van der Waals surface area (Å²) in [5, 5.41) is 0. The minimum atomic E-state index is 0.153. The van der Waals surface area contributed by atoms with Gasteiger partial charge >= 0.3 is 0 Å². The summed E-state index contributed by atoms with van der Waals surface area (Å²) >= 11 is 0. The van der Waals surface area contributed by atoms with Crippen molar-refractivity contribution in [2.45, 2.75) is 32.0 Å². The Balaban J connectivity index is 1.47. The zero-order valence-electron chi connectivity index (χ0n) is 20.2. The van der Waals surface area contributed by atoms with Crippen molar-refractivity contribution in [3.63, 3.8) is 0 Å². The Morgan fingerprint density at radius 2 is 1.58 bits per heavy atom. The standard InChI is InChI=1S/C29H35NO3/c1-30(2)18-17-24-14-13-23-7-5-6-8-26(23)29(24)33-20-21-9-11-22(12-10-21)25-15-16-27(31-3)28(19-25)32-4/h5-12,15-16,19,24,29H,13-14,17-18,20H2,1-4H3. The molecule has 0 spiro atoms. The van der Waals surface area contributed by atoms with E-state index in [0.29, 0.717) is 12.5 Å². The van der Waals surface area contributed by atoms with Gasteiger partial charge in [0.15, 0.2) is 11.5 Å². The molecule has 0 radical (unpaired) electrons. The zero-order chi connectivity index (χ0) is 23.2. The maximum Gasteiger partial charge on any atom is 0.161 e. The Morgan fingerprint density at radius 1 is 0.848 bits per heavy atom. The highest BCUT2D eigenvalue weighted by Crippen LogP contribution is 2.39. The summed E-state index contributed by atoms with van der Waals surface area (Å²) in [5.74, 6) is 2.03. The largest absolute Gasteiger partial charge is 0.493 e. The molecule has 0 aliphatic heterocycles. The van der Waals surface area contributed by atoms with Crippen LogP contribution in [0.4, 0.5) is 0 Å². The van der Waals surface area contributed by atoms with Gasteiger partial charge in [0.25, 0.3) is 0 Å². The van der Waals surface area contributed by atoms with E-state index in [-0.39, 0.29) is 6.10 Å². The highest BCUT2D eigenvalue weighted by molar-refractivity contribution is 5.67. The number of ether oxygens (including phenoxy) is 3. The molecule has 0 amide bonds. The second-order valence-corrected chi connectivity index (χ2v) is 9.09. The van der Waals surface area contributed by atoms with Gasteiger partial charge in [0.1, 0.15) is 0 Å². The predicted octanol–water partition coefficient (Wildman–Crippen LogP) is 6.14. The molecule has 1 aliphatic rings. The van der Waals surface area contributed by atoms with Crippen molar-refractivity contribution in [2.24, 2.45) is 5.92 Å². The van der Waals surface area contributed by atoms with E-state index in [1.165, 1.54) is 23.1 Å². The molecular formula is C29H35NO3. The number of nitrogens with zero attached hydrogens (tertiary/aromatic N) is 1. The highest BCUT2D eigenvalue weighted by Gasteiger charge is 2.30. The van der Waals surface area contributed by atoms with Crippen molar-refractivity contribution in [1.82, 2.24) is 4.90 Å². The Morgan fingerprint density at radius 3 is 2.30 bits per heavy atom. The minimum absolute atomic E-state index is 0.153. The summed E-state index contributed by atoms with van der Waals surface area (Å²) in [4.78, 5) is 2.27. The lowest BCUT2D eigenvalue weighted by Crippen LogP contribution is -2.26. The molecule has 4 nitrogen and oxygen atoms in total. The molecule has 0 N–H and O–H groups in total. The van der Waals surface area contributed by atoms with Crippen molar-refractivity contribution in [2.75, 3.05) is 34.9 Å². The molecule has 0 bridgehead atoms.